The molecule has 1 aromatic rings. The Balaban J connectivity index is 1.66. The molecule has 1 saturated heterocycles. The molecule has 2 atom stereocenters. The first-order valence-electron chi connectivity index (χ1n) is 9.18. The summed E-state index contributed by atoms with van der Waals surface area (Å²) in [6.07, 6.45) is 9.95. The number of hydrogen-bond acceptors (Lipinski definition) is 4. The Kier molecular flexibility index (Phi) is 5.73. The molecule has 1 aliphatic heterocycles. The summed E-state index contributed by atoms with van der Waals surface area (Å²) in [7, 11) is 1.80. The SMILES string of the molecule is Cn1cc([C@H]2[C@@H](C(=O)O)CCC(=O)N2CCCOC2CCCC2)cn1. The summed E-state index contributed by atoms with van der Waals surface area (Å²) in [5, 5.41) is 13.8. The van der Waals surface area contributed by atoms with E-state index in [1.165, 1.54) is 12.8 Å². The van der Waals surface area contributed by atoms with Gasteiger partial charge in [0.2, 0.25) is 5.91 Å². The van der Waals surface area contributed by atoms with E-state index in [1.54, 1.807) is 29.0 Å². The number of aliphatic carboxylic acids is 1. The Morgan fingerprint density at radius 3 is 2.76 bits per heavy atom. The van der Waals surface area contributed by atoms with E-state index >= 15 is 0 Å². The number of aryl methyl sites for hydroxylation is 1. The Hall–Kier alpha value is -1.89. The number of piperidine rings is 1. The van der Waals surface area contributed by atoms with Gasteiger partial charge in [0.25, 0.3) is 0 Å². The van der Waals surface area contributed by atoms with E-state index in [0.29, 0.717) is 25.7 Å². The predicted octanol–water partition coefficient (Wildman–Crippen LogP) is 2.13. The lowest BCUT2D eigenvalue weighted by Gasteiger charge is -2.39. The number of nitrogens with zero attached hydrogens (tertiary/aromatic N) is 3. The van der Waals surface area contributed by atoms with Crippen LogP contribution in [-0.2, 0) is 21.4 Å². The van der Waals surface area contributed by atoms with Gasteiger partial charge in [-0.25, -0.2) is 0 Å². The highest BCUT2D eigenvalue weighted by Crippen LogP contribution is 2.36. The van der Waals surface area contributed by atoms with E-state index in [1.807, 2.05) is 0 Å². The van der Waals surface area contributed by atoms with Gasteiger partial charge in [0.1, 0.15) is 0 Å². The molecule has 1 aromatic heterocycles. The summed E-state index contributed by atoms with van der Waals surface area (Å²) in [5.74, 6) is -1.42. The highest BCUT2D eigenvalue weighted by atomic mass is 16.5. The van der Waals surface area contributed by atoms with Crippen molar-refractivity contribution in [3.63, 3.8) is 0 Å². The Morgan fingerprint density at radius 2 is 2.12 bits per heavy atom. The second-order valence-corrected chi connectivity index (χ2v) is 7.09. The minimum absolute atomic E-state index is 0.0206. The quantitative estimate of drug-likeness (QED) is 0.762. The minimum Gasteiger partial charge on any atom is -0.481 e. The van der Waals surface area contributed by atoms with Gasteiger partial charge in [-0.3, -0.25) is 14.3 Å². The van der Waals surface area contributed by atoms with Crippen LogP contribution in [0.1, 0.15) is 56.6 Å². The Labute approximate surface area is 147 Å². The molecule has 7 nitrogen and oxygen atoms in total. The molecule has 7 heteroatoms. The fourth-order valence-electron chi connectivity index (χ4n) is 4.02. The van der Waals surface area contributed by atoms with E-state index < -0.39 is 17.9 Å². The average molecular weight is 349 g/mol. The maximum Gasteiger partial charge on any atom is 0.308 e. The van der Waals surface area contributed by atoms with Gasteiger partial charge in [0, 0.05) is 38.4 Å². The van der Waals surface area contributed by atoms with Gasteiger partial charge in [-0.15, -0.1) is 0 Å². The Bertz CT molecular complexity index is 609. The van der Waals surface area contributed by atoms with Crippen LogP contribution in [0.4, 0.5) is 0 Å². The molecule has 2 fully saturated rings. The van der Waals surface area contributed by atoms with Gasteiger partial charge in [0.15, 0.2) is 0 Å². The normalized spacial score (nSPS) is 24.8. The van der Waals surface area contributed by atoms with Crippen molar-refractivity contribution >= 4 is 11.9 Å². The predicted molar refractivity (Wildman–Crippen MR) is 90.8 cm³/mol. The summed E-state index contributed by atoms with van der Waals surface area (Å²) in [6.45, 7) is 1.14. The van der Waals surface area contributed by atoms with Gasteiger partial charge in [0.05, 0.1) is 24.3 Å². The fraction of sp³-hybridized carbons (Fsp3) is 0.722. The first-order chi connectivity index (χ1) is 12.1. The van der Waals surface area contributed by atoms with E-state index in [0.717, 1.165) is 24.8 Å². The molecular weight excluding hydrogens is 322 g/mol. The molecule has 1 N–H and O–H groups in total. The van der Waals surface area contributed by atoms with E-state index in [2.05, 4.69) is 5.10 Å². The molecule has 1 aliphatic carbocycles. The number of aromatic nitrogens is 2. The lowest BCUT2D eigenvalue weighted by atomic mass is 9.85. The van der Waals surface area contributed by atoms with Crippen LogP contribution in [0, 0.1) is 5.92 Å². The minimum atomic E-state index is -0.853. The molecule has 0 radical (unpaired) electrons. The first-order valence-corrected chi connectivity index (χ1v) is 9.18. The Morgan fingerprint density at radius 1 is 1.36 bits per heavy atom. The molecule has 2 aliphatic rings. The zero-order valence-corrected chi connectivity index (χ0v) is 14.8. The first kappa shape index (κ1) is 17.9. The smallest absolute Gasteiger partial charge is 0.308 e. The standard InChI is InChI=1S/C18H27N3O4/c1-20-12-13(11-19-20)17-15(18(23)24)7-8-16(22)21(17)9-4-10-25-14-5-2-3-6-14/h11-12,14-15,17H,2-10H2,1H3,(H,23,24)/t15-,17-/m0/s1. The van der Waals surface area contributed by atoms with E-state index in [9.17, 15) is 14.7 Å². The molecule has 1 saturated carbocycles. The monoisotopic (exact) mass is 349 g/mol. The van der Waals surface area contributed by atoms with Crippen molar-refractivity contribution in [2.45, 2.75) is 57.1 Å². The van der Waals surface area contributed by atoms with Gasteiger partial charge >= 0.3 is 5.97 Å². The summed E-state index contributed by atoms with van der Waals surface area (Å²) in [6, 6.07) is -0.445. The molecule has 0 aromatic carbocycles. The maximum absolute atomic E-state index is 12.5. The highest BCUT2D eigenvalue weighted by molar-refractivity contribution is 5.81. The van der Waals surface area contributed by atoms with Crippen LogP contribution < -0.4 is 0 Å². The molecule has 3 rings (SSSR count). The lowest BCUT2D eigenvalue weighted by molar-refractivity contribution is -0.152. The van der Waals surface area contributed by atoms with Crippen LogP contribution in [0.5, 0.6) is 0 Å². The van der Waals surface area contributed by atoms with Crippen LogP contribution in [0.25, 0.3) is 0 Å². The van der Waals surface area contributed by atoms with Crippen LogP contribution in [0.3, 0.4) is 0 Å². The van der Waals surface area contributed by atoms with Gasteiger partial charge < -0.3 is 14.7 Å². The van der Waals surface area contributed by atoms with Crippen LogP contribution in [0.2, 0.25) is 0 Å². The molecular formula is C18H27N3O4. The second-order valence-electron chi connectivity index (χ2n) is 7.09. The van der Waals surface area contributed by atoms with E-state index in [4.69, 9.17) is 4.74 Å². The average Bonchev–Trinajstić information content (AvgIpc) is 3.23. The van der Waals surface area contributed by atoms with Crippen molar-refractivity contribution in [2.75, 3.05) is 13.2 Å². The number of ether oxygens (including phenoxy) is 1. The van der Waals surface area contributed by atoms with Crippen molar-refractivity contribution in [3.05, 3.63) is 18.0 Å². The van der Waals surface area contributed by atoms with E-state index in [-0.39, 0.29) is 12.3 Å². The molecule has 2 heterocycles. The third-order valence-electron chi connectivity index (χ3n) is 5.29. The third kappa shape index (κ3) is 4.21. The molecule has 0 spiro atoms. The number of carbonyl (C=O) groups excluding carboxylic acids is 1. The van der Waals surface area contributed by atoms with Crippen molar-refractivity contribution in [1.29, 1.82) is 0 Å². The van der Waals surface area contributed by atoms with Crippen LogP contribution in [-0.4, -0.2) is 50.9 Å². The summed E-state index contributed by atoms with van der Waals surface area (Å²) < 4.78 is 7.53. The van der Waals surface area contributed by atoms with Crippen molar-refractivity contribution in [2.24, 2.45) is 13.0 Å². The largest absolute Gasteiger partial charge is 0.481 e. The number of carboxylic acids is 1. The molecule has 25 heavy (non-hydrogen) atoms. The van der Waals surface area contributed by atoms with Gasteiger partial charge in [-0.1, -0.05) is 12.8 Å². The summed E-state index contributed by atoms with van der Waals surface area (Å²) in [5.41, 5.74) is 0.791. The highest BCUT2D eigenvalue weighted by Gasteiger charge is 2.41. The fourth-order valence-corrected chi connectivity index (χ4v) is 4.02. The van der Waals surface area contributed by atoms with Gasteiger partial charge in [-0.2, -0.15) is 5.10 Å². The van der Waals surface area contributed by atoms with Crippen molar-refractivity contribution in [1.82, 2.24) is 14.7 Å². The summed E-state index contributed by atoms with van der Waals surface area (Å²) >= 11 is 0. The summed E-state index contributed by atoms with van der Waals surface area (Å²) in [4.78, 5) is 25.9. The van der Waals surface area contributed by atoms with Crippen LogP contribution >= 0.6 is 0 Å². The maximum atomic E-state index is 12.5. The number of rotatable bonds is 7. The zero-order chi connectivity index (χ0) is 17.8. The molecule has 1 amide bonds. The molecule has 0 unspecified atom stereocenters. The number of carboxylic acid groups (broad SMARTS) is 1. The lowest BCUT2D eigenvalue weighted by Crippen LogP contribution is -2.45. The number of likely N-dealkylation sites (tertiary alicyclic amines) is 1. The van der Waals surface area contributed by atoms with Gasteiger partial charge in [-0.05, 0) is 25.7 Å². The number of amides is 1. The second kappa shape index (κ2) is 7.99. The van der Waals surface area contributed by atoms with Crippen molar-refractivity contribution < 1.29 is 19.4 Å². The zero-order valence-electron chi connectivity index (χ0n) is 14.8. The molecule has 138 valence electrons. The third-order valence-corrected chi connectivity index (χ3v) is 5.29. The van der Waals surface area contributed by atoms with Crippen molar-refractivity contribution in [3.8, 4) is 0 Å². The van der Waals surface area contributed by atoms with Crippen LogP contribution in [0.15, 0.2) is 12.4 Å². The topological polar surface area (TPSA) is 84.7 Å². The molecule has 0 bridgehead atoms. The number of hydrogen-bond donors (Lipinski definition) is 1. The number of carbonyl (C=O) groups is 2.